The molecule has 1 aliphatic rings. The minimum atomic E-state index is 0.545. The minimum Gasteiger partial charge on any atom is -0.383 e. The summed E-state index contributed by atoms with van der Waals surface area (Å²) in [5, 5.41) is 3.53. The summed E-state index contributed by atoms with van der Waals surface area (Å²) >= 11 is 0. The molecule has 0 aliphatic heterocycles. The summed E-state index contributed by atoms with van der Waals surface area (Å²) < 4.78 is 5.05. The van der Waals surface area contributed by atoms with Crippen LogP contribution in [0.15, 0.2) is 0 Å². The van der Waals surface area contributed by atoms with E-state index in [-0.39, 0.29) is 0 Å². The van der Waals surface area contributed by atoms with Crippen LogP contribution in [0.3, 0.4) is 0 Å². The molecule has 1 fully saturated rings. The Balaban J connectivity index is 2.22. The summed E-state index contributed by atoms with van der Waals surface area (Å²) in [4.78, 5) is 0. The third-order valence-electron chi connectivity index (χ3n) is 3.68. The lowest BCUT2D eigenvalue weighted by atomic mass is 9.80. The second-order valence-electron chi connectivity index (χ2n) is 5.20. The lowest BCUT2D eigenvalue weighted by molar-refractivity contribution is 0.182. The van der Waals surface area contributed by atoms with E-state index in [1.54, 1.807) is 7.11 Å². The third kappa shape index (κ3) is 4.52. The molecule has 0 aromatic rings. The molecular weight excluding hydrogens is 186 g/mol. The fraction of sp³-hybridized carbons (Fsp3) is 1.00. The van der Waals surface area contributed by atoms with Gasteiger partial charge in [-0.25, -0.2) is 0 Å². The first-order valence-electron chi connectivity index (χ1n) is 6.42. The molecule has 1 aliphatic carbocycles. The van der Waals surface area contributed by atoms with Gasteiger partial charge in [-0.1, -0.05) is 26.7 Å². The molecule has 0 aromatic heterocycles. The van der Waals surface area contributed by atoms with E-state index < -0.39 is 0 Å². The van der Waals surface area contributed by atoms with Crippen molar-refractivity contribution in [2.24, 2.45) is 11.3 Å². The van der Waals surface area contributed by atoms with Crippen LogP contribution in [-0.2, 0) is 4.74 Å². The highest BCUT2D eigenvalue weighted by Crippen LogP contribution is 2.47. The smallest absolute Gasteiger partial charge is 0.0587 e. The molecule has 0 aromatic carbocycles. The van der Waals surface area contributed by atoms with Crippen molar-refractivity contribution in [2.75, 3.05) is 26.8 Å². The van der Waals surface area contributed by atoms with Crippen LogP contribution in [0, 0.1) is 11.3 Å². The zero-order valence-corrected chi connectivity index (χ0v) is 10.6. The van der Waals surface area contributed by atoms with Gasteiger partial charge in [-0.3, -0.25) is 0 Å². The summed E-state index contributed by atoms with van der Waals surface area (Å²) in [7, 11) is 1.76. The highest BCUT2D eigenvalue weighted by molar-refractivity contribution is 4.92. The van der Waals surface area contributed by atoms with Gasteiger partial charge in [0.05, 0.1) is 6.61 Å². The normalized spacial score (nSPS) is 20.2. The average molecular weight is 213 g/mol. The van der Waals surface area contributed by atoms with Crippen LogP contribution in [0.5, 0.6) is 0 Å². The molecule has 15 heavy (non-hydrogen) atoms. The van der Waals surface area contributed by atoms with E-state index in [0.717, 1.165) is 19.1 Å². The Morgan fingerprint density at radius 2 is 2.13 bits per heavy atom. The van der Waals surface area contributed by atoms with Crippen LogP contribution < -0.4 is 5.32 Å². The van der Waals surface area contributed by atoms with E-state index in [1.165, 1.54) is 38.6 Å². The number of methoxy groups -OCH3 is 1. The molecule has 0 heterocycles. The van der Waals surface area contributed by atoms with Crippen molar-refractivity contribution in [1.82, 2.24) is 5.32 Å². The Kier molecular flexibility index (Phi) is 5.62. The second-order valence-corrected chi connectivity index (χ2v) is 5.20. The fourth-order valence-electron chi connectivity index (χ4n) is 2.35. The van der Waals surface area contributed by atoms with Gasteiger partial charge in [0, 0.05) is 20.2 Å². The average Bonchev–Trinajstić information content (AvgIpc) is 3.05. The van der Waals surface area contributed by atoms with Crippen molar-refractivity contribution in [2.45, 2.75) is 46.0 Å². The van der Waals surface area contributed by atoms with Crippen LogP contribution in [0.25, 0.3) is 0 Å². The number of rotatable bonds is 9. The lowest BCUT2D eigenvalue weighted by Crippen LogP contribution is -2.35. The van der Waals surface area contributed by atoms with Crippen molar-refractivity contribution in [3.63, 3.8) is 0 Å². The summed E-state index contributed by atoms with van der Waals surface area (Å²) in [6, 6.07) is 0. The predicted octanol–water partition coefficient (Wildman–Crippen LogP) is 2.83. The van der Waals surface area contributed by atoms with Gasteiger partial charge in [0.1, 0.15) is 0 Å². The van der Waals surface area contributed by atoms with E-state index in [0.29, 0.717) is 5.41 Å². The van der Waals surface area contributed by atoms with Crippen LogP contribution in [0.4, 0.5) is 0 Å². The molecule has 1 N–H and O–H groups in total. The van der Waals surface area contributed by atoms with Gasteiger partial charge in [-0.05, 0) is 30.6 Å². The summed E-state index contributed by atoms with van der Waals surface area (Å²) in [5.74, 6) is 0.985. The molecule has 2 heteroatoms. The highest BCUT2D eigenvalue weighted by Gasteiger charge is 2.40. The highest BCUT2D eigenvalue weighted by atomic mass is 16.5. The van der Waals surface area contributed by atoms with Crippen molar-refractivity contribution in [3.8, 4) is 0 Å². The maximum Gasteiger partial charge on any atom is 0.0587 e. The minimum absolute atomic E-state index is 0.545. The van der Waals surface area contributed by atoms with Gasteiger partial charge in [0.15, 0.2) is 0 Å². The predicted molar refractivity (Wildman–Crippen MR) is 65.1 cm³/mol. The number of nitrogens with one attached hydrogen (secondary N) is 1. The van der Waals surface area contributed by atoms with Gasteiger partial charge < -0.3 is 10.1 Å². The first-order valence-corrected chi connectivity index (χ1v) is 6.42. The van der Waals surface area contributed by atoms with Crippen LogP contribution in [-0.4, -0.2) is 26.8 Å². The van der Waals surface area contributed by atoms with Gasteiger partial charge in [0.25, 0.3) is 0 Å². The summed E-state index contributed by atoms with van der Waals surface area (Å²) in [5.41, 5.74) is 0.545. The zero-order chi connectivity index (χ0) is 11.1. The maximum absolute atomic E-state index is 5.05. The van der Waals surface area contributed by atoms with E-state index in [2.05, 4.69) is 19.2 Å². The van der Waals surface area contributed by atoms with E-state index >= 15 is 0 Å². The van der Waals surface area contributed by atoms with Crippen molar-refractivity contribution >= 4 is 0 Å². The van der Waals surface area contributed by atoms with Crippen molar-refractivity contribution in [3.05, 3.63) is 0 Å². The summed E-state index contributed by atoms with van der Waals surface area (Å²) in [6.07, 6.45) is 6.98. The number of hydrogen-bond acceptors (Lipinski definition) is 2. The number of hydrogen-bond donors (Lipinski definition) is 1. The monoisotopic (exact) mass is 213 g/mol. The van der Waals surface area contributed by atoms with Gasteiger partial charge in [-0.2, -0.15) is 0 Å². The number of unbranched alkanes of at least 4 members (excludes halogenated alkanes) is 1. The standard InChI is InChI=1S/C13H27NO/c1-4-5-8-13(2,12-6-7-12)11-14-9-10-15-3/h12,14H,4-11H2,1-3H3. The molecule has 1 atom stereocenters. The Labute approximate surface area is 94.8 Å². The topological polar surface area (TPSA) is 21.3 Å². The first-order chi connectivity index (χ1) is 7.23. The SMILES string of the molecule is CCCCC(C)(CNCCOC)C1CC1. The Bertz CT molecular complexity index is 168. The van der Waals surface area contributed by atoms with Gasteiger partial charge in [-0.15, -0.1) is 0 Å². The fourth-order valence-corrected chi connectivity index (χ4v) is 2.35. The Morgan fingerprint density at radius 1 is 1.40 bits per heavy atom. The van der Waals surface area contributed by atoms with Crippen molar-refractivity contribution in [1.29, 1.82) is 0 Å². The Morgan fingerprint density at radius 3 is 2.67 bits per heavy atom. The van der Waals surface area contributed by atoms with Crippen molar-refractivity contribution < 1.29 is 4.74 Å². The van der Waals surface area contributed by atoms with Crippen LogP contribution in [0.2, 0.25) is 0 Å². The molecule has 0 saturated heterocycles. The largest absolute Gasteiger partial charge is 0.383 e. The zero-order valence-electron chi connectivity index (χ0n) is 10.6. The molecule has 0 bridgehead atoms. The molecule has 0 amide bonds. The second kappa shape index (κ2) is 6.49. The Hall–Kier alpha value is -0.0800. The first kappa shape index (κ1) is 13.0. The summed E-state index contributed by atoms with van der Waals surface area (Å²) in [6.45, 7) is 7.73. The molecule has 0 radical (unpaired) electrons. The van der Waals surface area contributed by atoms with Crippen LogP contribution in [0.1, 0.15) is 46.0 Å². The van der Waals surface area contributed by atoms with Crippen LogP contribution >= 0.6 is 0 Å². The van der Waals surface area contributed by atoms with Gasteiger partial charge >= 0.3 is 0 Å². The van der Waals surface area contributed by atoms with Gasteiger partial charge in [0.2, 0.25) is 0 Å². The van der Waals surface area contributed by atoms with E-state index in [4.69, 9.17) is 4.74 Å². The molecule has 90 valence electrons. The number of ether oxygens (including phenoxy) is 1. The molecule has 1 unspecified atom stereocenters. The third-order valence-corrected chi connectivity index (χ3v) is 3.68. The lowest BCUT2D eigenvalue weighted by Gasteiger charge is -2.30. The maximum atomic E-state index is 5.05. The molecule has 2 nitrogen and oxygen atoms in total. The molecule has 0 spiro atoms. The molecular formula is C13H27NO. The quantitative estimate of drug-likeness (QED) is 0.595. The molecule has 1 saturated carbocycles. The van der Waals surface area contributed by atoms with E-state index in [1.807, 2.05) is 0 Å². The molecule has 1 rings (SSSR count). The van der Waals surface area contributed by atoms with E-state index in [9.17, 15) is 0 Å².